The monoisotopic (exact) mass is 223 g/mol. The lowest BCUT2D eigenvalue weighted by Gasteiger charge is -2.10. The predicted molar refractivity (Wildman–Crippen MR) is 61.2 cm³/mol. The van der Waals surface area contributed by atoms with E-state index in [0.29, 0.717) is 12.2 Å². The molecule has 1 atom stereocenters. The van der Waals surface area contributed by atoms with Gasteiger partial charge in [0, 0.05) is 6.54 Å². The Balaban J connectivity index is 2.20. The summed E-state index contributed by atoms with van der Waals surface area (Å²) in [5.74, 6) is 0.435. The summed E-state index contributed by atoms with van der Waals surface area (Å²) < 4.78 is 5.24. The molecule has 88 valence electrons. The highest BCUT2D eigenvalue weighted by molar-refractivity contribution is 5.77. The average Bonchev–Trinajstić information content (AvgIpc) is 2.34. The average molecular weight is 223 g/mol. The van der Waals surface area contributed by atoms with Crippen LogP contribution in [0.15, 0.2) is 30.3 Å². The highest BCUT2D eigenvalue weighted by Gasteiger charge is 2.05. The van der Waals surface area contributed by atoms with E-state index in [1.807, 2.05) is 25.1 Å². The number of aliphatic hydroxyl groups is 1. The van der Waals surface area contributed by atoms with Gasteiger partial charge in [0.05, 0.1) is 6.10 Å². The summed E-state index contributed by atoms with van der Waals surface area (Å²) in [6, 6.07) is 9.13. The molecule has 16 heavy (non-hydrogen) atoms. The van der Waals surface area contributed by atoms with Crippen molar-refractivity contribution in [3.05, 3.63) is 30.3 Å². The van der Waals surface area contributed by atoms with Crippen molar-refractivity contribution >= 4 is 5.91 Å². The molecule has 4 nitrogen and oxygen atoms in total. The number of benzene rings is 1. The molecule has 1 aromatic carbocycles. The van der Waals surface area contributed by atoms with Gasteiger partial charge in [0.15, 0.2) is 6.61 Å². The number of amides is 1. The second-order valence-corrected chi connectivity index (χ2v) is 3.47. The van der Waals surface area contributed by atoms with Gasteiger partial charge in [-0.2, -0.15) is 0 Å². The van der Waals surface area contributed by atoms with Crippen LogP contribution < -0.4 is 10.1 Å². The molecule has 1 aromatic rings. The minimum Gasteiger partial charge on any atom is -0.484 e. The molecular weight excluding hydrogens is 206 g/mol. The van der Waals surface area contributed by atoms with Gasteiger partial charge in [0.1, 0.15) is 5.75 Å². The molecule has 0 aromatic heterocycles. The molecular formula is C12H17NO3. The minimum absolute atomic E-state index is 0.0273. The highest BCUT2D eigenvalue weighted by atomic mass is 16.5. The molecule has 0 saturated carbocycles. The summed E-state index contributed by atoms with van der Waals surface area (Å²) in [4.78, 5) is 11.3. The first-order valence-electron chi connectivity index (χ1n) is 5.35. The summed E-state index contributed by atoms with van der Waals surface area (Å²) in [6.07, 6.45) is 0.139. The van der Waals surface area contributed by atoms with E-state index >= 15 is 0 Å². The number of hydrogen-bond acceptors (Lipinski definition) is 3. The fourth-order valence-electron chi connectivity index (χ4n) is 1.09. The van der Waals surface area contributed by atoms with E-state index in [1.165, 1.54) is 0 Å². The smallest absolute Gasteiger partial charge is 0.258 e. The van der Waals surface area contributed by atoms with Crippen molar-refractivity contribution < 1.29 is 14.6 Å². The standard InChI is InChI=1S/C12H17NO3/c1-2-10(14)8-13-12(15)9-16-11-6-4-3-5-7-11/h3-7,10,14H,2,8-9H2,1H3,(H,13,15). The van der Waals surface area contributed by atoms with Crippen LogP contribution in [-0.2, 0) is 4.79 Å². The Hall–Kier alpha value is -1.55. The number of ether oxygens (including phenoxy) is 1. The molecule has 1 unspecified atom stereocenters. The Morgan fingerprint density at radius 1 is 1.44 bits per heavy atom. The summed E-state index contributed by atoms with van der Waals surface area (Å²) in [6.45, 7) is 2.10. The van der Waals surface area contributed by atoms with E-state index in [1.54, 1.807) is 12.1 Å². The predicted octanol–water partition coefficient (Wildman–Crippen LogP) is 0.952. The van der Waals surface area contributed by atoms with Crippen LogP contribution in [0.5, 0.6) is 5.75 Å². The molecule has 0 saturated heterocycles. The Morgan fingerprint density at radius 2 is 2.12 bits per heavy atom. The molecule has 2 N–H and O–H groups in total. The van der Waals surface area contributed by atoms with E-state index < -0.39 is 6.10 Å². The van der Waals surface area contributed by atoms with Gasteiger partial charge in [-0.1, -0.05) is 25.1 Å². The summed E-state index contributed by atoms with van der Waals surface area (Å²) >= 11 is 0. The normalized spacial score (nSPS) is 11.9. The summed E-state index contributed by atoms with van der Waals surface area (Å²) in [5.41, 5.74) is 0. The lowest BCUT2D eigenvalue weighted by molar-refractivity contribution is -0.123. The Labute approximate surface area is 95.2 Å². The Bertz CT molecular complexity index is 313. The lowest BCUT2D eigenvalue weighted by atomic mass is 10.3. The van der Waals surface area contributed by atoms with Crippen molar-refractivity contribution in [3.63, 3.8) is 0 Å². The van der Waals surface area contributed by atoms with E-state index in [-0.39, 0.29) is 19.1 Å². The highest BCUT2D eigenvalue weighted by Crippen LogP contribution is 2.07. The van der Waals surface area contributed by atoms with Crippen molar-refractivity contribution in [2.45, 2.75) is 19.4 Å². The third-order valence-corrected chi connectivity index (χ3v) is 2.12. The lowest BCUT2D eigenvalue weighted by Crippen LogP contribution is -2.34. The molecule has 0 aliphatic rings. The van der Waals surface area contributed by atoms with Crippen LogP contribution in [0.25, 0.3) is 0 Å². The Kier molecular flexibility index (Phi) is 5.36. The molecule has 0 aliphatic carbocycles. The largest absolute Gasteiger partial charge is 0.484 e. The number of nitrogens with one attached hydrogen (secondary N) is 1. The number of carbonyl (C=O) groups is 1. The Morgan fingerprint density at radius 3 is 2.75 bits per heavy atom. The van der Waals surface area contributed by atoms with Crippen LogP contribution in [0.2, 0.25) is 0 Å². The third-order valence-electron chi connectivity index (χ3n) is 2.12. The molecule has 0 heterocycles. The minimum atomic E-state index is -0.485. The van der Waals surface area contributed by atoms with Gasteiger partial charge in [-0.15, -0.1) is 0 Å². The molecule has 0 fully saturated rings. The maximum atomic E-state index is 11.3. The van der Waals surface area contributed by atoms with Gasteiger partial charge in [-0.3, -0.25) is 4.79 Å². The summed E-state index contributed by atoms with van der Waals surface area (Å²) in [7, 11) is 0. The molecule has 1 rings (SSSR count). The second-order valence-electron chi connectivity index (χ2n) is 3.47. The van der Waals surface area contributed by atoms with Gasteiger partial charge in [0.25, 0.3) is 5.91 Å². The maximum Gasteiger partial charge on any atom is 0.258 e. The van der Waals surface area contributed by atoms with Crippen LogP contribution in [0.3, 0.4) is 0 Å². The van der Waals surface area contributed by atoms with Crippen LogP contribution >= 0.6 is 0 Å². The van der Waals surface area contributed by atoms with Crippen LogP contribution in [0, 0.1) is 0 Å². The molecule has 0 aliphatic heterocycles. The zero-order valence-electron chi connectivity index (χ0n) is 9.35. The fourth-order valence-corrected chi connectivity index (χ4v) is 1.09. The van der Waals surface area contributed by atoms with Gasteiger partial charge < -0.3 is 15.2 Å². The molecule has 0 spiro atoms. The van der Waals surface area contributed by atoms with Crippen molar-refractivity contribution in [3.8, 4) is 5.75 Å². The number of carbonyl (C=O) groups excluding carboxylic acids is 1. The fraction of sp³-hybridized carbons (Fsp3) is 0.417. The maximum absolute atomic E-state index is 11.3. The van der Waals surface area contributed by atoms with Gasteiger partial charge in [-0.05, 0) is 18.6 Å². The first-order valence-corrected chi connectivity index (χ1v) is 5.35. The van der Waals surface area contributed by atoms with E-state index in [9.17, 15) is 9.90 Å². The number of para-hydroxylation sites is 1. The van der Waals surface area contributed by atoms with Crippen LogP contribution in [0.4, 0.5) is 0 Å². The van der Waals surface area contributed by atoms with Crippen LogP contribution in [0.1, 0.15) is 13.3 Å². The van der Waals surface area contributed by atoms with Gasteiger partial charge >= 0.3 is 0 Å². The molecule has 0 radical (unpaired) electrons. The van der Waals surface area contributed by atoms with Crippen LogP contribution in [-0.4, -0.2) is 30.3 Å². The number of hydrogen-bond donors (Lipinski definition) is 2. The second kappa shape index (κ2) is 6.85. The van der Waals surface area contributed by atoms with E-state index in [2.05, 4.69) is 5.32 Å². The van der Waals surface area contributed by atoms with E-state index in [0.717, 1.165) is 0 Å². The van der Waals surface area contributed by atoms with Crippen molar-refractivity contribution in [2.24, 2.45) is 0 Å². The van der Waals surface area contributed by atoms with Gasteiger partial charge in [-0.25, -0.2) is 0 Å². The first-order chi connectivity index (χ1) is 7.72. The number of rotatable bonds is 6. The van der Waals surface area contributed by atoms with Gasteiger partial charge in [0.2, 0.25) is 0 Å². The van der Waals surface area contributed by atoms with Crippen molar-refractivity contribution in [2.75, 3.05) is 13.2 Å². The third kappa shape index (κ3) is 4.79. The number of aliphatic hydroxyl groups excluding tert-OH is 1. The topological polar surface area (TPSA) is 58.6 Å². The summed E-state index contributed by atoms with van der Waals surface area (Å²) in [5, 5.41) is 11.8. The van der Waals surface area contributed by atoms with E-state index in [4.69, 9.17) is 4.74 Å². The first kappa shape index (κ1) is 12.5. The zero-order valence-corrected chi connectivity index (χ0v) is 9.35. The SMILES string of the molecule is CCC(O)CNC(=O)COc1ccccc1. The van der Waals surface area contributed by atoms with Crippen molar-refractivity contribution in [1.29, 1.82) is 0 Å². The molecule has 4 heteroatoms. The zero-order chi connectivity index (χ0) is 11.8. The molecule has 0 bridgehead atoms. The quantitative estimate of drug-likeness (QED) is 0.755. The molecule has 1 amide bonds. The van der Waals surface area contributed by atoms with Crippen molar-refractivity contribution in [1.82, 2.24) is 5.32 Å².